The molecule has 0 amide bonds. The van der Waals surface area contributed by atoms with Crippen molar-refractivity contribution in [3.63, 3.8) is 0 Å². The van der Waals surface area contributed by atoms with E-state index in [0.717, 1.165) is 18.7 Å². The number of benzene rings is 1. The zero-order valence-corrected chi connectivity index (χ0v) is 10.7. The Hall–Kier alpha value is -1.38. The molecule has 0 aliphatic rings. The van der Waals surface area contributed by atoms with Gasteiger partial charge in [0.15, 0.2) is 0 Å². The lowest BCUT2D eigenvalue weighted by molar-refractivity contribution is 0.417. The second-order valence-corrected chi connectivity index (χ2v) is 3.97. The average Bonchev–Trinajstić information content (AvgIpc) is 2.31. The Morgan fingerprint density at radius 2 is 2.06 bits per heavy atom. The number of nitrogens with two attached hydrogens (primary N) is 1. The van der Waals surface area contributed by atoms with Crippen molar-refractivity contribution in [2.45, 2.75) is 33.2 Å². The molecule has 1 aromatic rings. The van der Waals surface area contributed by atoms with Gasteiger partial charge >= 0.3 is 0 Å². The molecule has 0 bridgehead atoms. The summed E-state index contributed by atoms with van der Waals surface area (Å²) in [5.74, 6) is 0.749. The van der Waals surface area contributed by atoms with Gasteiger partial charge in [-0.25, -0.2) is 0 Å². The van der Waals surface area contributed by atoms with E-state index >= 15 is 0 Å². The van der Waals surface area contributed by atoms with Crippen LogP contribution in [0.5, 0.6) is 5.75 Å². The first-order chi connectivity index (χ1) is 7.63. The number of hydrogen-bond acceptors (Lipinski definition) is 3. The summed E-state index contributed by atoms with van der Waals surface area (Å²) in [6, 6.07) is 6.48. The molecule has 1 rings (SSSR count). The molecule has 0 saturated heterocycles. The highest BCUT2D eigenvalue weighted by Gasteiger charge is 2.12. The fraction of sp³-hybridized carbons (Fsp3) is 0.538. The van der Waals surface area contributed by atoms with E-state index in [1.807, 2.05) is 18.2 Å². The molecular formula is C13H22N2O. The number of anilines is 2. The van der Waals surface area contributed by atoms with Crippen molar-refractivity contribution in [3.8, 4) is 5.75 Å². The topological polar surface area (TPSA) is 38.5 Å². The minimum absolute atomic E-state index is 0.526. The molecule has 1 atom stereocenters. The van der Waals surface area contributed by atoms with Crippen LogP contribution in [-0.4, -0.2) is 19.7 Å². The van der Waals surface area contributed by atoms with Crippen LogP contribution in [0.2, 0.25) is 0 Å². The maximum Gasteiger partial charge on any atom is 0.143 e. The lowest BCUT2D eigenvalue weighted by Gasteiger charge is -2.29. The quantitative estimate of drug-likeness (QED) is 0.778. The third-order valence-electron chi connectivity index (χ3n) is 3.01. The summed E-state index contributed by atoms with van der Waals surface area (Å²) in [7, 11) is 1.65. The van der Waals surface area contributed by atoms with Crippen LogP contribution in [0, 0.1) is 0 Å². The normalized spacial score (nSPS) is 12.2. The zero-order chi connectivity index (χ0) is 12.1. The van der Waals surface area contributed by atoms with E-state index in [0.29, 0.717) is 11.7 Å². The summed E-state index contributed by atoms with van der Waals surface area (Å²) >= 11 is 0. The Balaban J connectivity index is 3.01. The van der Waals surface area contributed by atoms with Crippen molar-refractivity contribution in [3.05, 3.63) is 18.2 Å². The van der Waals surface area contributed by atoms with Gasteiger partial charge in [-0.15, -0.1) is 0 Å². The van der Waals surface area contributed by atoms with Crippen LogP contribution in [0.4, 0.5) is 11.4 Å². The van der Waals surface area contributed by atoms with Crippen LogP contribution >= 0.6 is 0 Å². The van der Waals surface area contributed by atoms with Crippen molar-refractivity contribution in [2.75, 3.05) is 24.3 Å². The predicted octanol–water partition coefficient (Wildman–Crippen LogP) is 2.90. The summed E-state index contributed by atoms with van der Waals surface area (Å²) in [4.78, 5) is 2.35. The molecule has 2 N–H and O–H groups in total. The molecule has 0 aromatic heterocycles. The van der Waals surface area contributed by atoms with Gasteiger partial charge in [0.05, 0.1) is 12.8 Å². The van der Waals surface area contributed by atoms with Crippen molar-refractivity contribution >= 4 is 11.4 Å². The molecule has 90 valence electrons. The molecular weight excluding hydrogens is 200 g/mol. The van der Waals surface area contributed by atoms with Crippen LogP contribution < -0.4 is 15.4 Å². The number of hydrogen-bond donors (Lipinski definition) is 1. The first-order valence-corrected chi connectivity index (χ1v) is 5.84. The monoisotopic (exact) mass is 222 g/mol. The third-order valence-corrected chi connectivity index (χ3v) is 3.01. The van der Waals surface area contributed by atoms with Crippen LogP contribution in [0.1, 0.15) is 27.2 Å². The van der Waals surface area contributed by atoms with Gasteiger partial charge in [-0.3, -0.25) is 0 Å². The van der Waals surface area contributed by atoms with Gasteiger partial charge in [0, 0.05) is 24.3 Å². The van der Waals surface area contributed by atoms with Gasteiger partial charge in [0.25, 0.3) is 0 Å². The molecule has 3 heteroatoms. The fourth-order valence-corrected chi connectivity index (χ4v) is 1.85. The van der Waals surface area contributed by atoms with Crippen molar-refractivity contribution in [1.82, 2.24) is 0 Å². The maximum absolute atomic E-state index is 5.81. The second kappa shape index (κ2) is 5.64. The SMILES string of the molecule is CCC(C)N(CC)c1ccc(N)c(OC)c1. The molecule has 1 aromatic carbocycles. The van der Waals surface area contributed by atoms with Gasteiger partial charge in [0.2, 0.25) is 0 Å². The van der Waals surface area contributed by atoms with Gasteiger partial charge in [0.1, 0.15) is 5.75 Å². The van der Waals surface area contributed by atoms with Crippen molar-refractivity contribution < 1.29 is 4.74 Å². The van der Waals surface area contributed by atoms with Gasteiger partial charge < -0.3 is 15.4 Å². The van der Waals surface area contributed by atoms with E-state index in [1.54, 1.807) is 7.11 Å². The number of nitrogens with zero attached hydrogens (tertiary/aromatic N) is 1. The summed E-state index contributed by atoms with van der Waals surface area (Å²) in [6.07, 6.45) is 1.13. The molecule has 0 heterocycles. The summed E-state index contributed by atoms with van der Waals surface area (Å²) in [6.45, 7) is 7.57. The van der Waals surface area contributed by atoms with E-state index in [9.17, 15) is 0 Å². The van der Waals surface area contributed by atoms with Crippen LogP contribution in [-0.2, 0) is 0 Å². The zero-order valence-electron chi connectivity index (χ0n) is 10.7. The van der Waals surface area contributed by atoms with E-state index < -0.39 is 0 Å². The number of nitrogen functional groups attached to an aromatic ring is 1. The van der Waals surface area contributed by atoms with E-state index in [1.165, 1.54) is 5.69 Å². The Bertz CT molecular complexity index is 339. The molecule has 0 saturated carbocycles. The van der Waals surface area contributed by atoms with Crippen molar-refractivity contribution in [1.29, 1.82) is 0 Å². The highest BCUT2D eigenvalue weighted by molar-refractivity contribution is 5.62. The van der Waals surface area contributed by atoms with Crippen LogP contribution in [0.25, 0.3) is 0 Å². The van der Waals surface area contributed by atoms with Gasteiger partial charge in [-0.2, -0.15) is 0 Å². The predicted molar refractivity (Wildman–Crippen MR) is 70.2 cm³/mol. The van der Waals surface area contributed by atoms with Crippen molar-refractivity contribution in [2.24, 2.45) is 0 Å². The maximum atomic E-state index is 5.81. The molecule has 0 spiro atoms. The number of rotatable bonds is 5. The molecule has 0 fully saturated rings. The molecule has 16 heavy (non-hydrogen) atoms. The minimum atomic E-state index is 0.526. The molecule has 1 unspecified atom stereocenters. The van der Waals surface area contributed by atoms with Gasteiger partial charge in [-0.1, -0.05) is 6.92 Å². The lowest BCUT2D eigenvalue weighted by atomic mass is 10.1. The highest BCUT2D eigenvalue weighted by atomic mass is 16.5. The summed E-state index contributed by atoms with van der Waals surface area (Å²) in [5.41, 5.74) is 7.66. The minimum Gasteiger partial charge on any atom is -0.495 e. The Morgan fingerprint density at radius 3 is 2.56 bits per heavy atom. The summed E-state index contributed by atoms with van der Waals surface area (Å²) in [5, 5.41) is 0. The van der Waals surface area contributed by atoms with E-state index in [-0.39, 0.29) is 0 Å². The first kappa shape index (κ1) is 12.7. The highest BCUT2D eigenvalue weighted by Crippen LogP contribution is 2.28. The Kier molecular flexibility index (Phi) is 4.47. The molecule has 0 aliphatic heterocycles. The standard InChI is InChI=1S/C13H22N2O/c1-5-10(3)15(6-2)11-7-8-12(14)13(9-11)16-4/h7-10H,5-6,14H2,1-4H3. The lowest BCUT2D eigenvalue weighted by Crippen LogP contribution is -2.32. The number of ether oxygens (including phenoxy) is 1. The molecule has 0 radical (unpaired) electrons. The first-order valence-electron chi connectivity index (χ1n) is 5.84. The van der Waals surface area contributed by atoms with Crippen LogP contribution in [0.15, 0.2) is 18.2 Å². The Morgan fingerprint density at radius 1 is 1.38 bits per heavy atom. The largest absolute Gasteiger partial charge is 0.495 e. The number of methoxy groups -OCH3 is 1. The van der Waals surface area contributed by atoms with Crippen LogP contribution in [0.3, 0.4) is 0 Å². The Labute approximate surface area is 98.2 Å². The van der Waals surface area contributed by atoms with E-state index in [4.69, 9.17) is 10.5 Å². The second-order valence-electron chi connectivity index (χ2n) is 3.97. The third kappa shape index (κ3) is 2.60. The smallest absolute Gasteiger partial charge is 0.143 e. The summed E-state index contributed by atoms with van der Waals surface area (Å²) < 4.78 is 5.24. The van der Waals surface area contributed by atoms with E-state index in [2.05, 4.69) is 25.7 Å². The molecule has 3 nitrogen and oxygen atoms in total. The van der Waals surface area contributed by atoms with Gasteiger partial charge in [-0.05, 0) is 32.4 Å². The fourth-order valence-electron chi connectivity index (χ4n) is 1.85. The molecule has 0 aliphatic carbocycles. The average molecular weight is 222 g/mol.